The second-order valence-electron chi connectivity index (χ2n) is 6.89. The second-order valence-corrected chi connectivity index (χ2v) is 6.89. The number of piperazine rings is 1. The number of benzene rings is 1. The van der Waals surface area contributed by atoms with E-state index in [4.69, 9.17) is 4.99 Å². The van der Waals surface area contributed by atoms with Crippen molar-refractivity contribution in [2.45, 2.75) is 33.2 Å². The number of hydrogen-bond acceptors (Lipinski definition) is 5. The SMILES string of the molecule is CCCN=C(NCCn1cnnc1CC)N1CCN(c2ccccc2O)CC1.I. The number of hydrogen-bond donors (Lipinski definition) is 2. The molecule has 0 unspecified atom stereocenters. The minimum atomic E-state index is 0. The Morgan fingerprint density at radius 1 is 1.17 bits per heavy atom. The molecule has 2 aromatic rings. The highest BCUT2D eigenvalue weighted by Gasteiger charge is 2.21. The molecule has 0 radical (unpaired) electrons. The van der Waals surface area contributed by atoms with E-state index < -0.39 is 0 Å². The van der Waals surface area contributed by atoms with Gasteiger partial charge < -0.3 is 24.8 Å². The zero-order chi connectivity index (χ0) is 19.8. The molecule has 1 aromatic heterocycles. The Kier molecular flexibility index (Phi) is 9.49. The van der Waals surface area contributed by atoms with Crippen molar-refractivity contribution in [1.82, 2.24) is 25.0 Å². The van der Waals surface area contributed by atoms with Gasteiger partial charge in [0.05, 0.1) is 5.69 Å². The maximum absolute atomic E-state index is 10.1. The molecule has 2 heterocycles. The van der Waals surface area contributed by atoms with Crippen molar-refractivity contribution >= 4 is 35.6 Å². The highest BCUT2D eigenvalue weighted by Crippen LogP contribution is 2.27. The zero-order valence-electron chi connectivity index (χ0n) is 17.3. The number of rotatable bonds is 7. The molecule has 29 heavy (non-hydrogen) atoms. The van der Waals surface area contributed by atoms with Gasteiger partial charge in [-0.05, 0) is 18.6 Å². The Bertz CT molecular complexity index is 772. The molecule has 160 valence electrons. The molecule has 0 aliphatic carbocycles. The average Bonchev–Trinajstić information content (AvgIpc) is 3.19. The fraction of sp³-hybridized carbons (Fsp3) is 0.550. The van der Waals surface area contributed by atoms with Gasteiger partial charge in [-0.15, -0.1) is 34.2 Å². The van der Waals surface area contributed by atoms with Crippen LogP contribution in [-0.4, -0.2) is 70.0 Å². The van der Waals surface area contributed by atoms with Gasteiger partial charge in [-0.1, -0.05) is 26.0 Å². The van der Waals surface area contributed by atoms with Gasteiger partial charge in [0.1, 0.15) is 17.9 Å². The Labute approximate surface area is 190 Å². The molecule has 0 amide bonds. The van der Waals surface area contributed by atoms with Gasteiger partial charge >= 0.3 is 0 Å². The lowest BCUT2D eigenvalue weighted by Crippen LogP contribution is -2.53. The van der Waals surface area contributed by atoms with Crippen molar-refractivity contribution in [2.24, 2.45) is 4.99 Å². The molecule has 3 rings (SSSR count). The number of anilines is 1. The van der Waals surface area contributed by atoms with Crippen molar-refractivity contribution < 1.29 is 5.11 Å². The van der Waals surface area contributed by atoms with Crippen LogP contribution in [-0.2, 0) is 13.0 Å². The summed E-state index contributed by atoms with van der Waals surface area (Å²) in [7, 11) is 0. The summed E-state index contributed by atoms with van der Waals surface area (Å²) in [5, 5.41) is 21.7. The summed E-state index contributed by atoms with van der Waals surface area (Å²) in [5.74, 6) is 2.31. The lowest BCUT2D eigenvalue weighted by atomic mass is 10.2. The number of aromatic hydroxyl groups is 1. The molecule has 9 heteroatoms. The number of aromatic nitrogens is 3. The topological polar surface area (TPSA) is 81.8 Å². The molecule has 0 bridgehead atoms. The van der Waals surface area contributed by atoms with Crippen LogP contribution in [0, 0.1) is 0 Å². The van der Waals surface area contributed by atoms with E-state index in [-0.39, 0.29) is 24.0 Å². The van der Waals surface area contributed by atoms with E-state index in [1.165, 1.54) is 0 Å². The molecule has 1 saturated heterocycles. The van der Waals surface area contributed by atoms with Crippen molar-refractivity contribution in [3.63, 3.8) is 0 Å². The molecule has 2 N–H and O–H groups in total. The van der Waals surface area contributed by atoms with Crippen molar-refractivity contribution in [3.8, 4) is 5.75 Å². The molecular weight excluding hydrogens is 481 g/mol. The number of aryl methyl sites for hydroxylation is 1. The zero-order valence-corrected chi connectivity index (χ0v) is 19.6. The summed E-state index contributed by atoms with van der Waals surface area (Å²) < 4.78 is 2.08. The lowest BCUT2D eigenvalue weighted by Gasteiger charge is -2.38. The van der Waals surface area contributed by atoms with Crippen LogP contribution in [0.5, 0.6) is 5.75 Å². The van der Waals surface area contributed by atoms with E-state index in [0.29, 0.717) is 5.75 Å². The van der Waals surface area contributed by atoms with Crippen molar-refractivity contribution in [2.75, 3.05) is 44.2 Å². The van der Waals surface area contributed by atoms with Gasteiger partial charge in [0, 0.05) is 52.2 Å². The molecular formula is C20H32IN7O. The van der Waals surface area contributed by atoms with Gasteiger partial charge in [-0.25, -0.2) is 0 Å². The molecule has 8 nitrogen and oxygen atoms in total. The fourth-order valence-corrected chi connectivity index (χ4v) is 3.40. The van der Waals surface area contributed by atoms with Crippen LogP contribution >= 0.6 is 24.0 Å². The molecule has 1 fully saturated rings. The van der Waals surface area contributed by atoms with Crippen molar-refractivity contribution in [3.05, 3.63) is 36.4 Å². The van der Waals surface area contributed by atoms with Crippen molar-refractivity contribution in [1.29, 1.82) is 0 Å². The monoisotopic (exact) mass is 513 g/mol. The van der Waals surface area contributed by atoms with Gasteiger partial charge in [-0.2, -0.15) is 0 Å². The molecule has 0 atom stereocenters. The van der Waals surface area contributed by atoms with E-state index in [0.717, 1.165) is 76.1 Å². The van der Waals surface area contributed by atoms with E-state index in [1.807, 2.05) is 18.2 Å². The molecule has 0 spiro atoms. The van der Waals surface area contributed by atoms with Gasteiger partial charge in [0.25, 0.3) is 0 Å². The van der Waals surface area contributed by atoms with Crippen LogP contribution < -0.4 is 10.2 Å². The quantitative estimate of drug-likeness (QED) is 0.336. The van der Waals surface area contributed by atoms with Gasteiger partial charge in [0.2, 0.25) is 0 Å². The van der Waals surface area contributed by atoms with Crippen LogP contribution in [0.3, 0.4) is 0 Å². The third-order valence-corrected chi connectivity index (χ3v) is 4.93. The summed E-state index contributed by atoms with van der Waals surface area (Å²) >= 11 is 0. The van der Waals surface area contributed by atoms with Crippen LogP contribution in [0.4, 0.5) is 5.69 Å². The normalized spacial score (nSPS) is 14.6. The predicted octanol–water partition coefficient (Wildman–Crippen LogP) is 2.34. The number of para-hydroxylation sites is 2. The largest absolute Gasteiger partial charge is 0.506 e. The Morgan fingerprint density at radius 3 is 2.62 bits per heavy atom. The number of nitrogens with one attached hydrogen (secondary N) is 1. The number of phenolic OH excluding ortho intramolecular Hbond substituents is 1. The van der Waals surface area contributed by atoms with Crippen LogP contribution in [0.15, 0.2) is 35.6 Å². The third kappa shape index (κ3) is 6.22. The Balaban J connectivity index is 0.00000300. The second kappa shape index (κ2) is 11.8. The van der Waals surface area contributed by atoms with E-state index in [2.05, 4.69) is 43.7 Å². The number of guanidine groups is 1. The minimum absolute atomic E-state index is 0. The van der Waals surface area contributed by atoms with E-state index in [1.54, 1.807) is 12.4 Å². The highest BCUT2D eigenvalue weighted by molar-refractivity contribution is 14.0. The molecule has 1 aliphatic heterocycles. The number of nitrogens with zero attached hydrogens (tertiary/aromatic N) is 6. The summed E-state index contributed by atoms with van der Waals surface area (Å²) in [4.78, 5) is 9.30. The fourth-order valence-electron chi connectivity index (χ4n) is 3.40. The number of phenols is 1. The molecule has 1 aromatic carbocycles. The van der Waals surface area contributed by atoms with E-state index >= 15 is 0 Å². The van der Waals surface area contributed by atoms with Crippen LogP contribution in [0.2, 0.25) is 0 Å². The Morgan fingerprint density at radius 2 is 1.93 bits per heavy atom. The first kappa shape index (κ1) is 23.2. The first-order valence-electron chi connectivity index (χ1n) is 10.2. The number of aliphatic imine (C=N–C) groups is 1. The summed E-state index contributed by atoms with van der Waals surface area (Å²) in [6.45, 7) is 10.1. The van der Waals surface area contributed by atoms with Gasteiger partial charge in [0.15, 0.2) is 5.96 Å². The molecule has 0 saturated carbocycles. The first-order chi connectivity index (χ1) is 13.7. The summed E-state index contributed by atoms with van der Waals surface area (Å²) in [6, 6.07) is 7.54. The maximum atomic E-state index is 10.1. The predicted molar refractivity (Wildman–Crippen MR) is 127 cm³/mol. The van der Waals surface area contributed by atoms with Crippen LogP contribution in [0.25, 0.3) is 0 Å². The average molecular weight is 513 g/mol. The third-order valence-electron chi connectivity index (χ3n) is 4.93. The van der Waals surface area contributed by atoms with Gasteiger partial charge in [-0.3, -0.25) is 4.99 Å². The molecule has 1 aliphatic rings. The van der Waals surface area contributed by atoms with Crippen LogP contribution in [0.1, 0.15) is 26.1 Å². The maximum Gasteiger partial charge on any atom is 0.194 e. The highest BCUT2D eigenvalue weighted by atomic mass is 127. The Hall–Kier alpha value is -2.04. The first-order valence-corrected chi connectivity index (χ1v) is 10.2. The smallest absolute Gasteiger partial charge is 0.194 e. The minimum Gasteiger partial charge on any atom is -0.506 e. The van der Waals surface area contributed by atoms with E-state index in [9.17, 15) is 5.11 Å². The summed E-state index contributed by atoms with van der Waals surface area (Å²) in [6.07, 6.45) is 3.69. The standard InChI is InChI=1S/C20H31N7O.HI/c1-3-9-21-20(22-10-11-27-16-23-24-19(27)4-2)26-14-12-25(13-15-26)17-7-5-6-8-18(17)28;/h5-8,16,28H,3-4,9-15H2,1-2H3,(H,21,22);1H. The lowest BCUT2D eigenvalue weighted by molar-refractivity contribution is 0.368. The number of halogens is 1. The summed E-state index contributed by atoms with van der Waals surface area (Å²) in [5.41, 5.74) is 0.904.